The molecule has 2 aromatic carbocycles. The highest BCUT2D eigenvalue weighted by Gasteiger charge is 2.28. The molecular weight excluding hydrogens is 430 g/mol. The van der Waals surface area contributed by atoms with Crippen LogP contribution >= 0.6 is 0 Å². The highest BCUT2D eigenvalue weighted by molar-refractivity contribution is 7.92. The molecule has 2 rings (SSSR count). The zero-order valence-corrected chi connectivity index (χ0v) is 18.5. The molecule has 31 heavy (non-hydrogen) atoms. The zero-order chi connectivity index (χ0) is 23.2. The summed E-state index contributed by atoms with van der Waals surface area (Å²) in [5.74, 6) is -1.26. The molecule has 1 N–H and O–H groups in total. The third-order valence-corrected chi connectivity index (χ3v) is 5.51. The van der Waals surface area contributed by atoms with E-state index in [1.54, 1.807) is 6.92 Å². The molecule has 0 radical (unpaired) electrons. The number of hydrogen-bond donors (Lipinski definition) is 1. The molecule has 2 aromatic rings. The molecular formula is C20H23NO9S. The van der Waals surface area contributed by atoms with Gasteiger partial charge in [0, 0.05) is 6.07 Å². The van der Waals surface area contributed by atoms with Crippen LogP contribution < -0.4 is 18.9 Å². The molecule has 0 fully saturated rings. The molecule has 0 amide bonds. The van der Waals surface area contributed by atoms with Crippen LogP contribution in [-0.2, 0) is 19.5 Å². The Kier molecular flexibility index (Phi) is 7.70. The Morgan fingerprint density at radius 3 is 2.00 bits per heavy atom. The van der Waals surface area contributed by atoms with E-state index in [-0.39, 0.29) is 45.6 Å². The summed E-state index contributed by atoms with van der Waals surface area (Å²) in [7, 11) is 0.929. The van der Waals surface area contributed by atoms with Gasteiger partial charge in [-0.25, -0.2) is 18.0 Å². The Balaban J connectivity index is 2.57. The first kappa shape index (κ1) is 23.8. The highest BCUT2D eigenvalue weighted by atomic mass is 32.2. The second kappa shape index (κ2) is 10.0. The fourth-order valence-corrected chi connectivity index (χ4v) is 3.79. The minimum absolute atomic E-state index is 0.0750. The quantitative estimate of drug-likeness (QED) is 0.570. The van der Waals surface area contributed by atoms with Gasteiger partial charge in [-0.15, -0.1) is 0 Å². The van der Waals surface area contributed by atoms with E-state index in [4.69, 9.17) is 23.7 Å². The summed E-state index contributed by atoms with van der Waals surface area (Å²) in [5, 5.41) is 0. The SMILES string of the molecule is CCOC(=O)c1ccc(S(=O)(=O)Nc2c(C(=O)OC)cc(OC)c(OC)c2OC)cc1. The Morgan fingerprint density at radius 2 is 1.52 bits per heavy atom. The van der Waals surface area contributed by atoms with E-state index >= 15 is 0 Å². The van der Waals surface area contributed by atoms with Crippen molar-refractivity contribution in [2.24, 2.45) is 0 Å². The van der Waals surface area contributed by atoms with Gasteiger partial charge in [-0.3, -0.25) is 4.72 Å². The molecule has 11 heteroatoms. The van der Waals surface area contributed by atoms with E-state index in [1.807, 2.05) is 0 Å². The monoisotopic (exact) mass is 453 g/mol. The third-order valence-electron chi connectivity index (χ3n) is 4.15. The number of ether oxygens (including phenoxy) is 5. The number of rotatable bonds is 9. The van der Waals surface area contributed by atoms with Crippen molar-refractivity contribution in [2.75, 3.05) is 39.8 Å². The third kappa shape index (κ3) is 5.00. The van der Waals surface area contributed by atoms with Crippen molar-refractivity contribution < 1.29 is 41.7 Å². The van der Waals surface area contributed by atoms with Gasteiger partial charge in [-0.2, -0.15) is 0 Å². The second-order valence-corrected chi connectivity index (χ2v) is 7.59. The molecule has 0 heterocycles. The fourth-order valence-electron chi connectivity index (χ4n) is 2.71. The maximum absolute atomic E-state index is 13.0. The minimum Gasteiger partial charge on any atom is -0.493 e. The molecule has 0 unspecified atom stereocenters. The van der Waals surface area contributed by atoms with Crippen LogP contribution in [0.2, 0.25) is 0 Å². The van der Waals surface area contributed by atoms with E-state index in [0.29, 0.717) is 0 Å². The van der Waals surface area contributed by atoms with Crippen LogP contribution in [0.15, 0.2) is 35.2 Å². The summed E-state index contributed by atoms with van der Waals surface area (Å²) in [5.41, 5.74) is -0.148. The smallest absolute Gasteiger partial charge is 0.340 e. The topological polar surface area (TPSA) is 126 Å². The van der Waals surface area contributed by atoms with Crippen molar-refractivity contribution in [3.05, 3.63) is 41.5 Å². The van der Waals surface area contributed by atoms with Crippen molar-refractivity contribution in [3.63, 3.8) is 0 Å². The lowest BCUT2D eigenvalue weighted by molar-refractivity contribution is 0.0525. The van der Waals surface area contributed by atoms with Crippen molar-refractivity contribution >= 4 is 27.6 Å². The van der Waals surface area contributed by atoms with Gasteiger partial charge in [-0.1, -0.05) is 0 Å². The summed E-state index contributed by atoms with van der Waals surface area (Å²) < 4.78 is 53.7. The largest absolute Gasteiger partial charge is 0.493 e. The number of sulfonamides is 1. The number of nitrogens with one attached hydrogen (secondary N) is 1. The average Bonchev–Trinajstić information content (AvgIpc) is 2.77. The van der Waals surface area contributed by atoms with E-state index in [0.717, 1.165) is 7.11 Å². The van der Waals surface area contributed by atoms with E-state index in [9.17, 15) is 18.0 Å². The van der Waals surface area contributed by atoms with Gasteiger partial charge in [0.25, 0.3) is 10.0 Å². The Labute approximate surface area is 180 Å². The van der Waals surface area contributed by atoms with Crippen molar-refractivity contribution in [1.29, 1.82) is 0 Å². The molecule has 168 valence electrons. The molecule has 0 aromatic heterocycles. The summed E-state index contributed by atoms with van der Waals surface area (Å²) in [6, 6.07) is 6.38. The molecule has 0 aliphatic rings. The molecule has 10 nitrogen and oxygen atoms in total. The molecule has 0 saturated heterocycles. The first-order chi connectivity index (χ1) is 14.7. The van der Waals surface area contributed by atoms with Crippen LogP contribution in [0, 0.1) is 0 Å². The van der Waals surface area contributed by atoms with E-state index < -0.39 is 22.0 Å². The van der Waals surface area contributed by atoms with Gasteiger partial charge in [-0.05, 0) is 31.2 Å². The van der Waals surface area contributed by atoms with Crippen LogP contribution in [0.4, 0.5) is 5.69 Å². The Hall–Kier alpha value is -3.47. The van der Waals surface area contributed by atoms with Crippen molar-refractivity contribution in [3.8, 4) is 17.2 Å². The number of hydrogen-bond acceptors (Lipinski definition) is 9. The van der Waals surface area contributed by atoms with Gasteiger partial charge in [0.2, 0.25) is 5.75 Å². The summed E-state index contributed by atoms with van der Waals surface area (Å²) in [6.07, 6.45) is 0. The predicted molar refractivity (Wildman–Crippen MR) is 111 cm³/mol. The number of benzene rings is 2. The van der Waals surface area contributed by atoms with Crippen molar-refractivity contribution in [2.45, 2.75) is 11.8 Å². The summed E-state index contributed by atoms with van der Waals surface area (Å²) >= 11 is 0. The van der Waals surface area contributed by atoms with Gasteiger partial charge >= 0.3 is 11.9 Å². The van der Waals surface area contributed by atoms with Gasteiger partial charge < -0.3 is 23.7 Å². The van der Waals surface area contributed by atoms with E-state index in [2.05, 4.69) is 4.72 Å². The zero-order valence-electron chi connectivity index (χ0n) is 17.7. The highest BCUT2D eigenvalue weighted by Crippen LogP contribution is 2.46. The van der Waals surface area contributed by atoms with Crippen LogP contribution in [0.5, 0.6) is 17.2 Å². The number of methoxy groups -OCH3 is 4. The number of esters is 2. The van der Waals surface area contributed by atoms with Crippen LogP contribution in [-0.4, -0.2) is 55.4 Å². The minimum atomic E-state index is -4.20. The number of carbonyl (C=O) groups is 2. The second-order valence-electron chi connectivity index (χ2n) is 5.91. The van der Waals surface area contributed by atoms with Gasteiger partial charge in [0.05, 0.1) is 51.1 Å². The van der Waals surface area contributed by atoms with E-state index in [1.165, 1.54) is 51.7 Å². The van der Waals surface area contributed by atoms with Crippen LogP contribution in [0.1, 0.15) is 27.6 Å². The Bertz CT molecular complexity index is 1060. The normalized spacial score (nSPS) is 10.7. The number of carbonyl (C=O) groups excluding carboxylic acids is 2. The first-order valence-corrected chi connectivity index (χ1v) is 10.4. The van der Waals surface area contributed by atoms with Crippen LogP contribution in [0.3, 0.4) is 0 Å². The lowest BCUT2D eigenvalue weighted by Crippen LogP contribution is -2.18. The lowest BCUT2D eigenvalue weighted by atomic mass is 10.1. The predicted octanol–water partition coefficient (Wildman–Crippen LogP) is 2.48. The maximum atomic E-state index is 13.0. The van der Waals surface area contributed by atoms with Crippen LogP contribution in [0.25, 0.3) is 0 Å². The standard InChI is InChI=1S/C20H23NO9S/c1-6-30-19(22)12-7-9-13(10-8-12)31(24,25)21-16-14(20(23)29-5)11-15(26-2)17(27-3)18(16)28-4/h7-11,21H,6H2,1-5H3. The molecule has 0 saturated carbocycles. The summed E-state index contributed by atoms with van der Waals surface area (Å²) in [4.78, 5) is 23.9. The first-order valence-electron chi connectivity index (χ1n) is 8.95. The molecule has 0 atom stereocenters. The van der Waals surface area contributed by atoms with Gasteiger partial charge in [0.1, 0.15) is 5.69 Å². The molecule has 0 spiro atoms. The molecule has 0 aliphatic carbocycles. The lowest BCUT2D eigenvalue weighted by Gasteiger charge is -2.19. The summed E-state index contributed by atoms with van der Waals surface area (Å²) in [6.45, 7) is 1.85. The number of anilines is 1. The van der Waals surface area contributed by atoms with Gasteiger partial charge in [0.15, 0.2) is 11.5 Å². The fraction of sp³-hybridized carbons (Fsp3) is 0.300. The average molecular weight is 453 g/mol. The molecule has 0 aliphatic heterocycles. The van der Waals surface area contributed by atoms with Crippen molar-refractivity contribution in [1.82, 2.24) is 0 Å². The molecule has 0 bridgehead atoms. The Morgan fingerprint density at radius 1 is 0.903 bits per heavy atom. The maximum Gasteiger partial charge on any atom is 0.340 e.